The Labute approximate surface area is 204 Å². The predicted octanol–water partition coefficient (Wildman–Crippen LogP) is 5.07. The van der Waals surface area contributed by atoms with Crippen molar-refractivity contribution in [2.24, 2.45) is 0 Å². The fraction of sp³-hybridized carbons (Fsp3) is 0.286. The zero-order valence-electron chi connectivity index (χ0n) is 19.5. The number of carbonyl (C=O) groups is 1. The standard InChI is InChI=1S/C28H27N5O2/c34-27(23-8-6-20(7-9-23)21-12-16-29-17-13-21)33(24-10-11-24)25-14-18-32(19-15-25)28-30-26(31-35-28)22-4-2-1-3-5-22/h1-9,12-13,16-17,24-25H,10-11,14-15,18-19H2. The number of anilines is 1. The predicted molar refractivity (Wildman–Crippen MR) is 134 cm³/mol. The van der Waals surface area contributed by atoms with Gasteiger partial charge in [-0.05, 0) is 61.1 Å². The number of amides is 1. The highest BCUT2D eigenvalue weighted by atomic mass is 16.5. The summed E-state index contributed by atoms with van der Waals surface area (Å²) in [7, 11) is 0. The molecule has 0 atom stereocenters. The number of aromatic nitrogens is 3. The second kappa shape index (κ2) is 9.33. The van der Waals surface area contributed by atoms with Crippen molar-refractivity contribution >= 4 is 11.9 Å². The molecule has 0 unspecified atom stereocenters. The first-order chi connectivity index (χ1) is 17.3. The van der Waals surface area contributed by atoms with Crippen molar-refractivity contribution < 1.29 is 9.32 Å². The molecule has 0 N–H and O–H groups in total. The minimum atomic E-state index is 0.136. The lowest BCUT2D eigenvalue weighted by Crippen LogP contribution is -2.48. The molecule has 4 aromatic rings. The normalized spacial score (nSPS) is 16.3. The van der Waals surface area contributed by atoms with Crippen molar-refractivity contribution in [1.29, 1.82) is 0 Å². The fourth-order valence-electron chi connectivity index (χ4n) is 4.86. The fourth-order valence-corrected chi connectivity index (χ4v) is 4.86. The van der Waals surface area contributed by atoms with E-state index in [0.29, 0.717) is 17.9 Å². The zero-order chi connectivity index (χ0) is 23.6. The topological polar surface area (TPSA) is 75.4 Å². The summed E-state index contributed by atoms with van der Waals surface area (Å²) in [5, 5.41) is 4.16. The Hall–Kier alpha value is -4.00. The molecule has 1 saturated heterocycles. The monoisotopic (exact) mass is 465 g/mol. The Morgan fingerprint density at radius 3 is 2.14 bits per heavy atom. The SMILES string of the molecule is O=C(c1ccc(-c2ccncc2)cc1)N(C1CC1)C1CCN(c2nc(-c3ccccc3)no2)CC1. The van der Waals surface area contributed by atoms with Crippen LogP contribution >= 0.6 is 0 Å². The molecule has 3 heterocycles. The van der Waals surface area contributed by atoms with Crippen molar-refractivity contribution in [3.05, 3.63) is 84.7 Å². The molecule has 6 rings (SSSR count). The molecule has 7 nitrogen and oxygen atoms in total. The molecule has 1 aliphatic heterocycles. The van der Waals surface area contributed by atoms with E-state index in [2.05, 4.69) is 24.9 Å². The van der Waals surface area contributed by atoms with Gasteiger partial charge in [-0.1, -0.05) is 47.6 Å². The molecule has 7 heteroatoms. The highest BCUT2D eigenvalue weighted by Crippen LogP contribution is 2.34. The van der Waals surface area contributed by atoms with Crippen molar-refractivity contribution in [2.75, 3.05) is 18.0 Å². The molecule has 176 valence electrons. The number of carbonyl (C=O) groups excluding carboxylic acids is 1. The maximum atomic E-state index is 13.5. The Morgan fingerprint density at radius 2 is 1.46 bits per heavy atom. The maximum Gasteiger partial charge on any atom is 0.324 e. The van der Waals surface area contributed by atoms with Gasteiger partial charge < -0.3 is 14.3 Å². The number of hydrogen-bond acceptors (Lipinski definition) is 6. The largest absolute Gasteiger partial charge is 0.333 e. The first-order valence-corrected chi connectivity index (χ1v) is 12.2. The number of rotatable bonds is 6. The smallest absolute Gasteiger partial charge is 0.324 e. The lowest BCUT2D eigenvalue weighted by atomic mass is 10.0. The first-order valence-electron chi connectivity index (χ1n) is 12.2. The summed E-state index contributed by atoms with van der Waals surface area (Å²) in [5.74, 6) is 0.740. The van der Waals surface area contributed by atoms with Crippen LogP contribution in [0.25, 0.3) is 22.5 Å². The molecule has 0 spiro atoms. The molecule has 2 aromatic heterocycles. The summed E-state index contributed by atoms with van der Waals surface area (Å²) in [6.45, 7) is 1.58. The summed E-state index contributed by atoms with van der Waals surface area (Å²) < 4.78 is 5.56. The highest BCUT2D eigenvalue weighted by Gasteiger charge is 2.39. The highest BCUT2D eigenvalue weighted by molar-refractivity contribution is 5.95. The van der Waals surface area contributed by atoms with Crippen LogP contribution in [0.3, 0.4) is 0 Å². The summed E-state index contributed by atoms with van der Waals surface area (Å²) >= 11 is 0. The van der Waals surface area contributed by atoms with Gasteiger partial charge in [0, 0.05) is 48.7 Å². The summed E-state index contributed by atoms with van der Waals surface area (Å²) in [4.78, 5) is 26.5. The minimum absolute atomic E-state index is 0.136. The number of piperidine rings is 1. The lowest BCUT2D eigenvalue weighted by molar-refractivity contribution is 0.0629. The van der Waals surface area contributed by atoms with Crippen molar-refractivity contribution in [2.45, 2.75) is 37.8 Å². The molecule has 2 aromatic carbocycles. The van der Waals surface area contributed by atoms with E-state index in [4.69, 9.17) is 4.52 Å². The Bertz CT molecular complexity index is 1280. The molecular weight excluding hydrogens is 438 g/mol. The molecule has 0 radical (unpaired) electrons. The van der Waals surface area contributed by atoms with Crippen molar-refractivity contribution in [3.63, 3.8) is 0 Å². The van der Waals surface area contributed by atoms with Crippen LogP contribution < -0.4 is 4.90 Å². The number of pyridine rings is 1. The minimum Gasteiger partial charge on any atom is -0.333 e. The van der Waals surface area contributed by atoms with Crippen LogP contribution in [0.2, 0.25) is 0 Å². The van der Waals surface area contributed by atoms with E-state index in [1.165, 1.54) is 0 Å². The van der Waals surface area contributed by atoms with Gasteiger partial charge in [-0.15, -0.1) is 0 Å². The van der Waals surface area contributed by atoms with E-state index >= 15 is 0 Å². The van der Waals surface area contributed by atoms with Gasteiger partial charge in [-0.2, -0.15) is 4.98 Å². The molecule has 2 fully saturated rings. The number of nitrogens with zero attached hydrogens (tertiary/aromatic N) is 5. The average molecular weight is 466 g/mol. The van der Waals surface area contributed by atoms with E-state index in [1.54, 1.807) is 12.4 Å². The van der Waals surface area contributed by atoms with Gasteiger partial charge in [0.25, 0.3) is 5.91 Å². The summed E-state index contributed by atoms with van der Waals surface area (Å²) in [5.41, 5.74) is 3.88. The zero-order valence-corrected chi connectivity index (χ0v) is 19.5. The third-order valence-corrected chi connectivity index (χ3v) is 6.90. The average Bonchev–Trinajstić information content (AvgIpc) is 3.64. The molecule has 1 aliphatic carbocycles. The first kappa shape index (κ1) is 21.5. The van der Waals surface area contributed by atoms with Gasteiger partial charge in [0.2, 0.25) is 5.82 Å². The molecule has 2 aliphatic rings. The van der Waals surface area contributed by atoms with Gasteiger partial charge >= 0.3 is 6.01 Å². The number of benzene rings is 2. The third-order valence-electron chi connectivity index (χ3n) is 6.90. The molecule has 0 bridgehead atoms. The quantitative estimate of drug-likeness (QED) is 0.396. The molecule has 1 amide bonds. The van der Waals surface area contributed by atoms with Crippen LogP contribution in [0.5, 0.6) is 0 Å². The Kier molecular flexibility index (Phi) is 5.74. The van der Waals surface area contributed by atoms with E-state index < -0.39 is 0 Å². The molecule has 35 heavy (non-hydrogen) atoms. The van der Waals surface area contributed by atoms with Crippen LogP contribution in [0.1, 0.15) is 36.0 Å². The Morgan fingerprint density at radius 1 is 0.800 bits per heavy atom. The van der Waals surface area contributed by atoms with Gasteiger partial charge in [-0.25, -0.2) is 0 Å². The van der Waals surface area contributed by atoms with E-state index in [0.717, 1.165) is 61.0 Å². The second-order valence-electron chi connectivity index (χ2n) is 9.24. The lowest BCUT2D eigenvalue weighted by Gasteiger charge is -2.38. The van der Waals surface area contributed by atoms with Crippen LogP contribution in [-0.2, 0) is 0 Å². The van der Waals surface area contributed by atoms with Crippen molar-refractivity contribution in [3.8, 4) is 22.5 Å². The van der Waals surface area contributed by atoms with Crippen LogP contribution in [0.4, 0.5) is 6.01 Å². The summed E-state index contributed by atoms with van der Waals surface area (Å²) in [6, 6.07) is 22.9. The molecule has 1 saturated carbocycles. The van der Waals surface area contributed by atoms with Gasteiger partial charge in [-0.3, -0.25) is 9.78 Å². The molecular formula is C28H27N5O2. The second-order valence-corrected chi connectivity index (χ2v) is 9.24. The Balaban J connectivity index is 1.13. The van der Waals surface area contributed by atoms with Gasteiger partial charge in [0.05, 0.1) is 0 Å². The van der Waals surface area contributed by atoms with Gasteiger partial charge in [0.15, 0.2) is 0 Å². The van der Waals surface area contributed by atoms with Crippen LogP contribution in [0.15, 0.2) is 83.6 Å². The van der Waals surface area contributed by atoms with E-state index in [1.807, 2.05) is 66.7 Å². The van der Waals surface area contributed by atoms with E-state index in [9.17, 15) is 4.79 Å². The van der Waals surface area contributed by atoms with Crippen LogP contribution in [-0.4, -0.2) is 51.1 Å². The van der Waals surface area contributed by atoms with Crippen molar-refractivity contribution in [1.82, 2.24) is 20.0 Å². The van der Waals surface area contributed by atoms with Gasteiger partial charge in [0.1, 0.15) is 0 Å². The summed E-state index contributed by atoms with van der Waals surface area (Å²) in [6.07, 6.45) is 7.52. The maximum absolute atomic E-state index is 13.5. The number of hydrogen-bond donors (Lipinski definition) is 0. The van der Waals surface area contributed by atoms with E-state index in [-0.39, 0.29) is 11.9 Å². The van der Waals surface area contributed by atoms with Crippen LogP contribution in [0, 0.1) is 0 Å². The third kappa shape index (κ3) is 4.54.